The minimum Gasteiger partial charge on any atom is -0.0654 e. The molecule has 0 saturated carbocycles. The summed E-state index contributed by atoms with van der Waals surface area (Å²) in [5.74, 6) is 0. The SMILES string of the molecule is CCCCc1ccc(C)c(C)c1CC. The van der Waals surface area contributed by atoms with E-state index >= 15 is 0 Å². The zero-order chi connectivity index (χ0) is 10.6. The van der Waals surface area contributed by atoms with Crippen LogP contribution in [-0.2, 0) is 12.8 Å². The van der Waals surface area contributed by atoms with Crippen LogP contribution in [0.5, 0.6) is 0 Å². The molecule has 1 aromatic rings. The second-order valence-corrected chi connectivity index (χ2v) is 4.10. The van der Waals surface area contributed by atoms with Crippen molar-refractivity contribution in [2.24, 2.45) is 0 Å². The van der Waals surface area contributed by atoms with Crippen LogP contribution in [0.1, 0.15) is 48.9 Å². The van der Waals surface area contributed by atoms with E-state index in [4.69, 9.17) is 0 Å². The lowest BCUT2D eigenvalue weighted by Gasteiger charge is -2.13. The van der Waals surface area contributed by atoms with E-state index in [1.807, 2.05) is 0 Å². The van der Waals surface area contributed by atoms with Gasteiger partial charge in [0.1, 0.15) is 0 Å². The highest BCUT2D eigenvalue weighted by Crippen LogP contribution is 2.20. The van der Waals surface area contributed by atoms with E-state index in [0.717, 1.165) is 0 Å². The molecule has 0 aliphatic heterocycles. The molecular formula is C14H22. The van der Waals surface area contributed by atoms with Crippen LogP contribution >= 0.6 is 0 Å². The third-order valence-corrected chi connectivity index (χ3v) is 3.12. The molecule has 0 aliphatic rings. The smallest absolute Gasteiger partial charge is 0.0276 e. The van der Waals surface area contributed by atoms with E-state index in [2.05, 4.69) is 39.8 Å². The summed E-state index contributed by atoms with van der Waals surface area (Å²) < 4.78 is 0. The van der Waals surface area contributed by atoms with E-state index in [0.29, 0.717) is 0 Å². The van der Waals surface area contributed by atoms with Gasteiger partial charge in [-0.2, -0.15) is 0 Å². The fraction of sp³-hybridized carbons (Fsp3) is 0.571. The molecule has 0 heteroatoms. The standard InChI is InChI=1S/C14H22/c1-5-7-8-13-10-9-11(3)12(4)14(13)6-2/h9-10H,5-8H2,1-4H3. The molecule has 0 unspecified atom stereocenters. The lowest BCUT2D eigenvalue weighted by molar-refractivity contribution is 0.785. The first-order valence-corrected chi connectivity index (χ1v) is 5.78. The molecule has 0 bridgehead atoms. The van der Waals surface area contributed by atoms with Crippen molar-refractivity contribution in [2.75, 3.05) is 0 Å². The summed E-state index contributed by atoms with van der Waals surface area (Å²) in [5, 5.41) is 0. The first-order chi connectivity index (χ1) is 6.70. The van der Waals surface area contributed by atoms with Gasteiger partial charge in [0.2, 0.25) is 0 Å². The Balaban J connectivity index is 2.98. The maximum atomic E-state index is 2.32. The van der Waals surface area contributed by atoms with E-state index in [9.17, 15) is 0 Å². The van der Waals surface area contributed by atoms with Crippen LogP contribution in [0, 0.1) is 13.8 Å². The Hall–Kier alpha value is -0.780. The van der Waals surface area contributed by atoms with Gasteiger partial charge in [-0.05, 0) is 55.4 Å². The summed E-state index contributed by atoms with van der Waals surface area (Å²) in [7, 11) is 0. The van der Waals surface area contributed by atoms with Gasteiger partial charge in [0.05, 0.1) is 0 Å². The van der Waals surface area contributed by atoms with Crippen molar-refractivity contribution in [3.05, 3.63) is 34.4 Å². The number of unbranched alkanes of at least 4 members (excludes halogenated alkanes) is 1. The van der Waals surface area contributed by atoms with Crippen molar-refractivity contribution in [1.82, 2.24) is 0 Å². The molecule has 78 valence electrons. The minimum atomic E-state index is 1.17. The van der Waals surface area contributed by atoms with E-state index in [1.54, 1.807) is 11.1 Å². The Morgan fingerprint density at radius 2 is 1.79 bits per heavy atom. The topological polar surface area (TPSA) is 0 Å². The van der Waals surface area contributed by atoms with Crippen LogP contribution in [0.3, 0.4) is 0 Å². The molecule has 0 nitrogen and oxygen atoms in total. The molecule has 0 fully saturated rings. The molecule has 1 aromatic carbocycles. The first kappa shape index (κ1) is 11.3. The summed E-state index contributed by atoms with van der Waals surface area (Å²) in [6, 6.07) is 4.58. The van der Waals surface area contributed by atoms with Crippen LogP contribution < -0.4 is 0 Å². The van der Waals surface area contributed by atoms with Crippen LogP contribution in [0.4, 0.5) is 0 Å². The molecule has 0 saturated heterocycles. The van der Waals surface area contributed by atoms with Crippen LogP contribution in [-0.4, -0.2) is 0 Å². The molecule has 0 heterocycles. The number of hydrogen-bond donors (Lipinski definition) is 0. The molecule has 0 aliphatic carbocycles. The molecule has 0 spiro atoms. The van der Waals surface area contributed by atoms with Crippen LogP contribution in [0.25, 0.3) is 0 Å². The molecule has 1 rings (SSSR count). The minimum absolute atomic E-state index is 1.17. The van der Waals surface area contributed by atoms with Crippen molar-refractivity contribution < 1.29 is 0 Å². The van der Waals surface area contributed by atoms with E-state index in [1.165, 1.54) is 36.8 Å². The van der Waals surface area contributed by atoms with Gasteiger partial charge in [0.25, 0.3) is 0 Å². The molecule has 0 atom stereocenters. The predicted molar refractivity (Wildman–Crippen MR) is 63.9 cm³/mol. The van der Waals surface area contributed by atoms with Crippen LogP contribution in [0.2, 0.25) is 0 Å². The highest BCUT2D eigenvalue weighted by molar-refractivity contribution is 5.39. The third-order valence-electron chi connectivity index (χ3n) is 3.12. The van der Waals surface area contributed by atoms with Gasteiger partial charge in [-0.15, -0.1) is 0 Å². The largest absolute Gasteiger partial charge is 0.0654 e. The van der Waals surface area contributed by atoms with Gasteiger partial charge < -0.3 is 0 Å². The fourth-order valence-corrected chi connectivity index (χ4v) is 2.02. The lowest BCUT2D eigenvalue weighted by atomic mass is 9.93. The summed E-state index contributed by atoms with van der Waals surface area (Å²) >= 11 is 0. The Morgan fingerprint density at radius 3 is 2.36 bits per heavy atom. The summed E-state index contributed by atoms with van der Waals surface area (Å²) in [5.41, 5.74) is 6.08. The molecule has 0 amide bonds. The van der Waals surface area contributed by atoms with Crippen molar-refractivity contribution >= 4 is 0 Å². The number of hydrogen-bond acceptors (Lipinski definition) is 0. The van der Waals surface area contributed by atoms with Crippen molar-refractivity contribution in [3.63, 3.8) is 0 Å². The van der Waals surface area contributed by atoms with Crippen molar-refractivity contribution in [2.45, 2.75) is 53.4 Å². The van der Waals surface area contributed by atoms with E-state index in [-0.39, 0.29) is 0 Å². The van der Waals surface area contributed by atoms with Crippen molar-refractivity contribution in [1.29, 1.82) is 0 Å². The quantitative estimate of drug-likeness (QED) is 0.667. The van der Waals surface area contributed by atoms with E-state index < -0.39 is 0 Å². The Kier molecular flexibility index (Phi) is 4.19. The maximum Gasteiger partial charge on any atom is -0.0276 e. The van der Waals surface area contributed by atoms with Gasteiger partial charge in [-0.3, -0.25) is 0 Å². The highest BCUT2D eigenvalue weighted by atomic mass is 14.1. The zero-order valence-electron chi connectivity index (χ0n) is 9.98. The van der Waals surface area contributed by atoms with Gasteiger partial charge in [-0.1, -0.05) is 32.4 Å². The number of rotatable bonds is 4. The van der Waals surface area contributed by atoms with Crippen LogP contribution in [0.15, 0.2) is 12.1 Å². The molecule has 0 N–H and O–H groups in total. The second-order valence-electron chi connectivity index (χ2n) is 4.10. The molecule has 0 aromatic heterocycles. The predicted octanol–water partition coefficient (Wildman–Crippen LogP) is 4.21. The Labute approximate surface area is 88.4 Å². The summed E-state index contributed by atoms with van der Waals surface area (Å²) in [4.78, 5) is 0. The number of aryl methyl sites for hydroxylation is 2. The Bertz CT molecular complexity index is 297. The monoisotopic (exact) mass is 190 g/mol. The summed E-state index contributed by atoms with van der Waals surface area (Å²) in [6.07, 6.45) is 5.03. The average molecular weight is 190 g/mol. The molecular weight excluding hydrogens is 168 g/mol. The fourth-order valence-electron chi connectivity index (χ4n) is 2.02. The lowest BCUT2D eigenvalue weighted by Crippen LogP contribution is -1.98. The number of benzene rings is 1. The first-order valence-electron chi connectivity index (χ1n) is 5.78. The Morgan fingerprint density at radius 1 is 1.07 bits per heavy atom. The van der Waals surface area contributed by atoms with Crippen molar-refractivity contribution in [3.8, 4) is 0 Å². The summed E-state index contributed by atoms with van der Waals surface area (Å²) in [6.45, 7) is 8.98. The van der Waals surface area contributed by atoms with Gasteiger partial charge in [0, 0.05) is 0 Å². The normalized spacial score (nSPS) is 10.6. The average Bonchev–Trinajstić information content (AvgIpc) is 2.20. The van der Waals surface area contributed by atoms with Gasteiger partial charge >= 0.3 is 0 Å². The highest BCUT2D eigenvalue weighted by Gasteiger charge is 2.05. The zero-order valence-corrected chi connectivity index (χ0v) is 9.98. The maximum absolute atomic E-state index is 2.32. The van der Waals surface area contributed by atoms with Gasteiger partial charge in [0.15, 0.2) is 0 Å². The second kappa shape index (κ2) is 5.19. The molecule has 0 radical (unpaired) electrons. The van der Waals surface area contributed by atoms with Gasteiger partial charge in [-0.25, -0.2) is 0 Å². The molecule has 14 heavy (non-hydrogen) atoms. The third kappa shape index (κ3) is 2.37.